The van der Waals surface area contributed by atoms with Gasteiger partial charge in [0.05, 0.1) is 10.4 Å². The van der Waals surface area contributed by atoms with Crippen LogP contribution in [0.15, 0.2) is 27.3 Å². The van der Waals surface area contributed by atoms with E-state index < -0.39 is 0 Å². The van der Waals surface area contributed by atoms with Gasteiger partial charge in [0.25, 0.3) is 0 Å². The van der Waals surface area contributed by atoms with E-state index in [9.17, 15) is 0 Å². The second-order valence-electron chi connectivity index (χ2n) is 2.09. The lowest BCUT2D eigenvalue weighted by Gasteiger charge is -1.88. The summed E-state index contributed by atoms with van der Waals surface area (Å²) in [6.07, 6.45) is 0. The molecule has 0 aliphatic rings. The summed E-state index contributed by atoms with van der Waals surface area (Å²) < 4.78 is 5.60. The second-order valence-corrected chi connectivity index (χ2v) is 3.24. The highest BCUT2D eigenvalue weighted by Gasteiger charge is 2.07. The van der Waals surface area contributed by atoms with Gasteiger partial charge in [-0.05, 0) is 28.1 Å². The molecule has 0 aliphatic heterocycles. The summed E-state index contributed by atoms with van der Waals surface area (Å²) in [5, 5.41) is 5.19. The highest BCUT2D eigenvalue weighted by Crippen LogP contribution is 2.29. The Morgan fingerprint density at radius 2 is 2.27 bits per heavy atom. The zero-order chi connectivity index (χ0) is 7.84. The third kappa shape index (κ3) is 1.04. The van der Waals surface area contributed by atoms with Crippen LogP contribution in [0.25, 0.3) is 11.0 Å². The molecule has 4 heteroatoms. The normalized spacial score (nSPS) is 10.7. The number of benzene rings is 1. The van der Waals surface area contributed by atoms with Crippen molar-refractivity contribution in [3.63, 3.8) is 0 Å². The van der Waals surface area contributed by atoms with Crippen LogP contribution < -0.4 is 0 Å². The fourth-order valence-electron chi connectivity index (χ4n) is 0.916. The van der Waals surface area contributed by atoms with Gasteiger partial charge in [0.1, 0.15) is 0 Å². The van der Waals surface area contributed by atoms with Crippen LogP contribution in [0, 0.1) is 0 Å². The molecular formula is C7H3BrClNO. The number of hydrogen-bond acceptors (Lipinski definition) is 2. The molecule has 2 rings (SSSR count). The standard InChI is InChI=1S/C7H3BrClNO/c8-7-6-4(9)2-1-3-5(6)11-10-7/h1-3H. The molecule has 2 aromatic rings. The van der Waals surface area contributed by atoms with E-state index in [4.69, 9.17) is 16.1 Å². The molecule has 0 aliphatic carbocycles. The minimum atomic E-state index is 0.649. The van der Waals surface area contributed by atoms with Gasteiger partial charge in [-0.15, -0.1) is 0 Å². The third-order valence-electron chi connectivity index (χ3n) is 1.41. The Labute approximate surface area is 76.2 Å². The van der Waals surface area contributed by atoms with Crippen LogP contribution in [0.3, 0.4) is 0 Å². The second kappa shape index (κ2) is 2.50. The highest BCUT2D eigenvalue weighted by molar-refractivity contribution is 9.10. The Morgan fingerprint density at radius 1 is 1.45 bits per heavy atom. The summed E-state index contributed by atoms with van der Waals surface area (Å²) in [5.41, 5.74) is 0.698. The van der Waals surface area contributed by atoms with E-state index in [-0.39, 0.29) is 0 Å². The zero-order valence-corrected chi connectivity index (χ0v) is 7.69. The van der Waals surface area contributed by atoms with Crippen LogP contribution in [0.4, 0.5) is 0 Å². The van der Waals surface area contributed by atoms with E-state index in [0.717, 1.165) is 5.39 Å². The SMILES string of the molecule is Clc1cccc2onc(Br)c12. The number of rotatable bonds is 0. The molecule has 0 unspecified atom stereocenters. The number of halogens is 2. The van der Waals surface area contributed by atoms with Gasteiger partial charge in [-0.1, -0.05) is 22.8 Å². The first-order valence-electron chi connectivity index (χ1n) is 2.98. The molecule has 1 aromatic heterocycles. The molecular weight excluding hydrogens is 229 g/mol. The van der Waals surface area contributed by atoms with E-state index in [2.05, 4.69) is 21.1 Å². The maximum atomic E-state index is 5.87. The molecule has 0 amide bonds. The molecule has 0 spiro atoms. The van der Waals surface area contributed by atoms with Crippen molar-refractivity contribution in [2.24, 2.45) is 0 Å². The maximum Gasteiger partial charge on any atom is 0.169 e. The summed E-state index contributed by atoms with van der Waals surface area (Å²) in [6.45, 7) is 0. The van der Waals surface area contributed by atoms with Crippen molar-refractivity contribution < 1.29 is 4.52 Å². The van der Waals surface area contributed by atoms with Gasteiger partial charge in [-0.3, -0.25) is 0 Å². The quantitative estimate of drug-likeness (QED) is 0.697. The van der Waals surface area contributed by atoms with Gasteiger partial charge in [0.2, 0.25) is 0 Å². The van der Waals surface area contributed by atoms with Crippen molar-refractivity contribution in [3.8, 4) is 0 Å². The van der Waals surface area contributed by atoms with E-state index in [1.807, 2.05) is 12.1 Å². The highest BCUT2D eigenvalue weighted by atomic mass is 79.9. The van der Waals surface area contributed by atoms with Crippen molar-refractivity contribution in [1.82, 2.24) is 5.16 Å². The van der Waals surface area contributed by atoms with E-state index in [0.29, 0.717) is 15.2 Å². The van der Waals surface area contributed by atoms with Crippen molar-refractivity contribution in [2.75, 3.05) is 0 Å². The summed E-state index contributed by atoms with van der Waals surface area (Å²) >= 11 is 9.10. The van der Waals surface area contributed by atoms with Gasteiger partial charge in [-0.2, -0.15) is 0 Å². The van der Waals surface area contributed by atoms with Gasteiger partial charge < -0.3 is 4.52 Å². The lowest BCUT2D eigenvalue weighted by Crippen LogP contribution is -1.66. The fourth-order valence-corrected chi connectivity index (χ4v) is 1.77. The van der Waals surface area contributed by atoms with Crippen LogP contribution in [0.1, 0.15) is 0 Å². The number of aromatic nitrogens is 1. The first-order valence-corrected chi connectivity index (χ1v) is 4.15. The van der Waals surface area contributed by atoms with E-state index >= 15 is 0 Å². The maximum absolute atomic E-state index is 5.87. The molecule has 56 valence electrons. The predicted octanol–water partition coefficient (Wildman–Crippen LogP) is 3.24. The summed E-state index contributed by atoms with van der Waals surface area (Å²) in [7, 11) is 0. The van der Waals surface area contributed by atoms with Crippen molar-refractivity contribution >= 4 is 38.5 Å². The molecule has 11 heavy (non-hydrogen) atoms. The van der Waals surface area contributed by atoms with Crippen molar-refractivity contribution in [3.05, 3.63) is 27.8 Å². The number of hydrogen-bond donors (Lipinski definition) is 0. The smallest absolute Gasteiger partial charge is 0.169 e. The zero-order valence-electron chi connectivity index (χ0n) is 5.34. The van der Waals surface area contributed by atoms with Crippen LogP contribution in [0.5, 0.6) is 0 Å². The Hall–Kier alpha value is -0.540. The fraction of sp³-hybridized carbons (Fsp3) is 0. The molecule has 0 bridgehead atoms. The molecule has 0 saturated carbocycles. The van der Waals surface area contributed by atoms with Crippen molar-refractivity contribution in [2.45, 2.75) is 0 Å². The lowest BCUT2D eigenvalue weighted by molar-refractivity contribution is 0.451. The number of nitrogens with zero attached hydrogens (tertiary/aromatic N) is 1. The molecule has 0 saturated heterocycles. The number of fused-ring (bicyclic) bond motifs is 1. The Morgan fingerprint density at radius 3 is 3.00 bits per heavy atom. The van der Waals surface area contributed by atoms with Gasteiger partial charge >= 0.3 is 0 Å². The van der Waals surface area contributed by atoms with Crippen LogP contribution >= 0.6 is 27.5 Å². The van der Waals surface area contributed by atoms with Gasteiger partial charge in [-0.25, -0.2) is 0 Å². The molecule has 0 fully saturated rings. The van der Waals surface area contributed by atoms with Crippen LogP contribution in [-0.2, 0) is 0 Å². The molecule has 2 nitrogen and oxygen atoms in total. The van der Waals surface area contributed by atoms with Crippen LogP contribution in [-0.4, -0.2) is 5.16 Å². The lowest BCUT2D eigenvalue weighted by atomic mass is 10.3. The first-order chi connectivity index (χ1) is 5.29. The van der Waals surface area contributed by atoms with Crippen molar-refractivity contribution in [1.29, 1.82) is 0 Å². The molecule has 0 radical (unpaired) electrons. The summed E-state index contributed by atoms with van der Waals surface area (Å²) in [6, 6.07) is 5.44. The first kappa shape index (κ1) is 7.13. The average molecular weight is 232 g/mol. The largest absolute Gasteiger partial charge is 0.355 e. The monoisotopic (exact) mass is 231 g/mol. The molecule has 0 atom stereocenters. The van der Waals surface area contributed by atoms with E-state index in [1.165, 1.54) is 0 Å². The minimum Gasteiger partial charge on any atom is -0.355 e. The topological polar surface area (TPSA) is 26.0 Å². The van der Waals surface area contributed by atoms with Crippen LogP contribution in [0.2, 0.25) is 5.02 Å². The van der Waals surface area contributed by atoms with Gasteiger partial charge in [0, 0.05) is 0 Å². The Kier molecular flexibility index (Phi) is 1.62. The predicted molar refractivity (Wildman–Crippen MR) is 46.7 cm³/mol. The van der Waals surface area contributed by atoms with E-state index in [1.54, 1.807) is 6.07 Å². The Bertz CT molecular complexity index is 398. The molecule has 0 N–H and O–H groups in total. The summed E-state index contributed by atoms with van der Waals surface area (Å²) in [4.78, 5) is 0. The average Bonchev–Trinajstić information content (AvgIpc) is 2.34. The summed E-state index contributed by atoms with van der Waals surface area (Å²) in [5.74, 6) is 0. The third-order valence-corrected chi connectivity index (χ3v) is 2.26. The van der Waals surface area contributed by atoms with Gasteiger partial charge in [0.15, 0.2) is 10.2 Å². The minimum absolute atomic E-state index is 0.649. The molecule has 1 aromatic carbocycles. The Balaban J connectivity index is 2.96. The molecule has 1 heterocycles.